The molecule has 1 saturated heterocycles. The summed E-state index contributed by atoms with van der Waals surface area (Å²) < 4.78 is 5.64. The molecule has 1 aliphatic heterocycles. The number of hydrogen-bond donors (Lipinski definition) is 2. The van der Waals surface area contributed by atoms with Gasteiger partial charge in [-0.2, -0.15) is 0 Å². The van der Waals surface area contributed by atoms with Crippen molar-refractivity contribution in [3.05, 3.63) is 65.7 Å². The Labute approximate surface area is 189 Å². The maximum Gasteiger partial charge on any atom is 0.260 e. The average molecular weight is 438 g/mol. The Morgan fingerprint density at radius 3 is 2.34 bits per heavy atom. The summed E-state index contributed by atoms with van der Waals surface area (Å²) in [5.74, 6) is 0.135. The number of carbonyl (C=O) groups excluding carboxylic acids is 3. The molecule has 1 fully saturated rings. The second-order valence-corrected chi connectivity index (χ2v) is 7.95. The Hall–Kier alpha value is -3.35. The van der Waals surface area contributed by atoms with Crippen LogP contribution in [0.2, 0.25) is 0 Å². The zero-order chi connectivity index (χ0) is 22.8. The Morgan fingerprint density at radius 1 is 1.00 bits per heavy atom. The predicted octanol–water partition coefficient (Wildman–Crippen LogP) is 2.56. The number of benzene rings is 2. The second kappa shape index (κ2) is 11.9. The minimum absolute atomic E-state index is 0.00722. The van der Waals surface area contributed by atoms with Gasteiger partial charge in [0.15, 0.2) is 6.61 Å². The highest BCUT2D eigenvalue weighted by Crippen LogP contribution is 2.15. The highest BCUT2D eigenvalue weighted by Gasteiger charge is 2.24. The van der Waals surface area contributed by atoms with Crippen LogP contribution in [0.1, 0.15) is 42.1 Å². The van der Waals surface area contributed by atoms with Crippen LogP contribution >= 0.6 is 0 Å². The first-order valence-corrected chi connectivity index (χ1v) is 11.2. The summed E-state index contributed by atoms with van der Waals surface area (Å²) >= 11 is 0. The van der Waals surface area contributed by atoms with Crippen LogP contribution in [0.15, 0.2) is 54.6 Å². The first-order chi connectivity index (χ1) is 15.5. The van der Waals surface area contributed by atoms with Gasteiger partial charge in [0.2, 0.25) is 5.91 Å². The van der Waals surface area contributed by atoms with Gasteiger partial charge >= 0.3 is 0 Å². The van der Waals surface area contributed by atoms with E-state index in [0.29, 0.717) is 37.2 Å². The van der Waals surface area contributed by atoms with E-state index in [1.54, 1.807) is 29.2 Å². The van der Waals surface area contributed by atoms with Crippen molar-refractivity contribution >= 4 is 17.7 Å². The fourth-order valence-electron chi connectivity index (χ4n) is 3.68. The predicted molar refractivity (Wildman–Crippen MR) is 122 cm³/mol. The first-order valence-electron chi connectivity index (χ1n) is 11.2. The van der Waals surface area contributed by atoms with E-state index in [1.165, 1.54) is 5.56 Å². The van der Waals surface area contributed by atoms with Gasteiger partial charge in [0.1, 0.15) is 5.75 Å². The third-order valence-electron chi connectivity index (χ3n) is 5.48. The van der Waals surface area contributed by atoms with Gasteiger partial charge in [-0.05, 0) is 49.1 Å². The molecule has 3 amide bonds. The molecule has 0 radical (unpaired) electrons. The third-order valence-corrected chi connectivity index (χ3v) is 5.48. The standard InChI is InChI=1S/C25H31N3O4/c1-2-6-19-9-11-22(12-10-19)32-18-24(30)28-15-13-21(14-16-28)27-23(29)17-26-25(31)20-7-4-3-5-8-20/h3-5,7-12,21H,2,6,13-18H2,1H3,(H,26,31)(H,27,29). The molecule has 0 unspecified atom stereocenters. The van der Waals surface area contributed by atoms with Crippen molar-refractivity contribution < 1.29 is 19.1 Å². The van der Waals surface area contributed by atoms with Crippen LogP contribution in [0, 0.1) is 0 Å². The Morgan fingerprint density at radius 2 is 1.69 bits per heavy atom. The van der Waals surface area contributed by atoms with Crippen LogP contribution in [0.25, 0.3) is 0 Å². The SMILES string of the molecule is CCCc1ccc(OCC(=O)N2CCC(NC(=O)CNC(=O)c3ccccc3)CC2)cc1. The monoisotopic (exact) mass is 437 g/mol. The summed E-state index contributed by atoms with van der Waals surface area (Å²) in [7, 11) is 0. The minimum atomic E-state index is -0.277. The van der Waals surface area contributed by atoms with Crippen LogP contribution in [0.4, 0.5) is 0 Å². The molecule has 7 heteroatoms. The molecular weight excluding hydrogens is 406 g/mol. The molecule has 0 bridgehead atoms. The lowest BCUT2D eigenvalue weighted by molar-refractivity contribution is -0.134. The smallest absolute Gasteiger partial charge is 0.260 e. The fourth-order valence-corrected chi connectivity index (χ4v) is 3.68. The second-order valence-electron chi connectivity index (χ2n) is 7.95. The molecule has 1 aliphatic rings. The van der Waals surface area contributed by atoms with Gasteiger partial charge in [-0.15, -0.1) is 0 Å². The lowest BCUT2D eigenvalue weighted by atomic mass is 10.0. The van der Waals surface area contributed by atoms with Crippen molar-refractivity contribution in [2.75, 3.05) is 26.2 Å². The number of nitrogens with one attached hydrogen (secondary N) is 2. The summed E-state index contributed by atoms with van der Waals surface area (Å²) in [5, 5.41) is 5.56. The molecule has 7 nitrogen and oxygen atoms in total. The van der Waals surface area contributed by atoms with Gasteiger partial charge in [0, 0.05) is 24.7 Å². The van der Waals surface area contributed by atoms with Crippen molar-refractivity contribution in [2.24, 2.45) is 0 Å². The number of piperidine rings is 1. The number of hydrogen-bond acceptors (Lipinski definition) is 4. The zero-order valence-electron chi connectivity index (χ0n) is 18.5. The largest absolute Gasteiger partial charge is 0.484 e. The van der Waals surface area contributed by atoms with Gasteiger partial charge in [-0.25, -0.2) is 0 Å². The molecule has 0 aromatic heterocycles. The van der Waals surface area contributed by atoms with Gasteiger partial charge in [-0.3, -0.25) is 14.4 Å². The summed E-state index contributed by atoms with van der Waals surface area (Å²) in [6.45, 7) is 3.22. The number of amides is 3. The van der Waals surface area contributed by atoms with Gasteiger partial charge in [0.05, 0.1) is 6.54 Å². The minimum Gasteiger partial charge on any atom is -0.484 e. The molecule has 1 heterocycles. The molecular formula is C25H31N3O4. The Kier molecular flexibility index (Phi) is 8.66. The van der Waals surface area contributed by atoms with E-state index < -0.39 is 0 Å². The lowest BCUT2D eigenvalue weighted by Crippen LogP contribution is -2.49. The molecule has 0 atom stereocenters. The molecule has 3 rings (SSSR count). The summed E-state index contributed by atoms with van der Waals surface area (Å²) in [6, 6.07) is 16.6. The summed E-state index contributed by atoms with van der Waals surface area (Å²) in [6.07, 6.45) is 3.48. The van der Waals surface area contributed by atoms with Crippen LogP contribution < -0.4 is 15.4 Å². The third kappa shape index (κ3) is 7.11. The first kappa shape index (κ1) is 23.3. The van der Waals surface area contributed by atoms with Crippen molar-refractivity contribution in [1.29, 1.82) is 0 Å². The van der Waals surface area contributed by atoms with E-state index in [1.807, 2.05) is 30.3 Å². The number of likely N-dealkylation sites (tertiary alicyclic amines) is 1. The van der Waals surface area contributed by atoms with Crippen LogP contribution in [0.3, 0.4) is 0 Å². The van der Waals surface area contributed by atoms with Gasteiger partial charge < -0.3 is 20.3 Å². The average Bonchev–Trinajstić information content (AvgIpc) is 2.83. The molecule has 0 saturated carbocycles. The fraction of sp³-hybridized carbons (Fsp3) is 0.400. The van der Waals surface area contributed by atoms with Crippen molar-refractivity contribution in [3.63, 3.8) is 0 Å². The number of aryl methyl sites for hydroxylation is 1. The van der Waals surface area contributed by atoms with Gasteiger partial charge in [-0.1, -0.05) is 43.7 Å². The summed E-state index contributed by atoms with van der Waals surface area (Å²) in [4.78, 5) is 38.4. The molecule has 32 heavy (non-hydrogen) atoms. The number of ether oxygens (including phenoxy) is 1. The number of rotatable bonds is 9. The van der Waals surface area contributed by atoms with Crippen LogP contribution in [-0.2, 0) is 16.0 Å². The molecule has 2 aromatic rings. The van der Waals surface area contributed by atoms with E-state index >= 15 is 0 Å². The summed E-state index contributed by atoms with van der Waals surface area (Å²) in [5.41, 5.74) is 1.78. The Balaban J connectivity index is 1.33. The van der Waals surface area contributed by atoms with E-state index in [4.69, 9.17) is 4.74 Å². The highest BCUT2D eigenvalue weighted by molar-refractivity contribution is 5.96. The molecule has 0 spiro atoms. The molecule has 170 valence electrons. The maximum absolute atomic E-state index is 12.4. The Bertz CT molecular complexity index is 891. The molecule has 2 N–H and O–H groups in total. The van der Waals surface area contributed by atoms with E-state index in [9.17, 15) is 14.4 Å². The van der Waals surface area contributed by atoms with Crippen LogP contribution in [0.5, 0.6) is 5.75 Å². The van der Waals surface area contributed by atoms with Crippen molar-refractivity contribution in [1.82, 2.24) is 15.5 Å². The quantitative estimate of drug-likeness (QED) is 0.631. The number of carbonyl (C=O) groups is 3. The lowest BCUT2D eigenvalue weighted by Gasteiger charge is -2.32. The van der Waals surface area contributed by atoms with E-state index in [-0.39, 0.29) is 36.9 Å². The molecule has 0 aliphatic carbocycles. The van der Waals surface area contributed by atoms with Crippen LogP contribution in [-0.4, -0.2) is 54.9 Å². The van der Waals surface area contributed by atoms with Gasteiger partial charge in [0.25, 0.3) is 11.8 Å². The van der Waals surface area contributed by atoms with Crippen molar-refractivity contribution in [2.45, 2.75) is 38.6 Å². The van der Waals surface area contributed by atoms with E-state index in [2.05, 4.69) is 17.6 Å². The topological polar surface area (TPSA) is 87.7 Å². The number of nitrogens with zero attached hydrogens (tertiary/aromatic N) is 1. The highest BCUT2D eigenvalue weighted by atomic mass is 16.5. The zero-order valence-corrected chi connectivity index (χ0v) is 18.5. The molecule has 2 aromatic carbocycles. The normalized spacial score (nSPS) is 14.0. The van der Waals surface area contributed by atoms with E-state index in [0.717, 1.165) is 12.8 Å². The van der Waals surface area contributed by atoms with Crippen molar-refractivity contribution in [3.8, 4) is 5.75 Å². The maximum atomic E-state index is 12.4.